The van der Waals surface area contributed by atoms with Crippen LogP contribution in [-0.2, 0) is 4.79 Å². The fourth-order valence-corrected chi connectivity index (χ4v) is 1.77. The monoisotopic (exact) mass is 285 g/mol. The third kappa shape index (κ3) is 3.48. The molecule has 88 valence electrons. The van der Waals surface area contributed by atoms with Crippen LogP contribution >= 0.6 is 15.9 Å². The molecule has 0 saturated heterocycles. The number of aromatic nitrogens is 1. The molecular weight excluding hydrogens is 270 g/mol. The zero-order valence-electron chi connectivity index (χ0n) is 9.53. The van der Waals surface area contributed by atoms with E-state index in [1.54, 1.807) is 17.3 Å². The van der Waals surface area contributed by atoms with Crippen molar-refractivity contribution in [2.75, 3.05) is 25.0 Å². The zero-order chi connectivity index (χ0) is 12.0. The number of carbonyl (C=O) groups excluding carboxylic acids is 1. The van der Waals surface area contributed by atoms with Crippen LogP contribution in [0.2, 0.25) is 0 Å². The van der Waals surface area contributed by atoms with Crippen LogP contribution in [0.4, 0.5) is 5.69 Å². The second-order valence-electron chi connectivity index (χ2n) is 3.28. The molecule has 16 heavy (non-hydrogen) atoms. The number of rotatable bonds is 5. The first-order valence-electron chi connectivity index (χ1n) is 5.30. The number of hydrogen-bond donors (Lipinski definition) is 1. The largest absolute Gasteiger partial charge is 0.375 e. The van der Waals surface area contributed by atoms with Crippen molar-refractivity contribution in [3.8, 4) is 0 Å². The first-order valence-corrected chi connectivity index (χ1v) is 6.09. The van der Waals surface area contributed by atoms with Crippen molar-refractivity contribution in [2.45, 2.75) is 13.8 Å². The highest BCUT2D eigenvalue weighted by molar-refractivity contribution is 9.10. The molecule has 0 fully saturated rings. The number of likely N-dealkylation sites (N-methyl/N-ethyl adjacent to an activating group) is 1. The Morgan fingerprint density at radius 1 is 1.50 bits per heavy atom. The molecule has 0 atom stereocenters. The van der Waals surface area contributed by atoms with E-state index in [9.17, 15) is 4.79 Å². The Morgan fingerprint density at radius 2 is 2.19 bits per heavy atom. The minimum absolute atomic E-state index is 0.105. The van der Waals surface area contributed by atoms with Crippen LogP contribution in [0, 0.1) is 0 Å². The van der Waals surface area contributed by atoms with E-state index in [2.05, 4.69) is 26.2 Å². The average Bonchev–Trinajstić information content (AvgIpc) is 2.29. The number of nitrogens with zero attached hydrogens (tertiary/aromatic N) is 2. The Balaban J connectivity index is 2.52. The third-order valence-electron chi connectivity index (χ3n) is 2.32. The maximum atomic E-state index is 11.7. The lowest BCUT2D eigenvalue weighted by molar-refractivity contribution is -0.128. The van der Waals surface area contributed by atoms with Gasteiger partial charge in [-0.3, -0.25) is 9.78 Å². The summed E-state index contributed by atoms with van der Waals surface area (Å²) in [6.07, 6.45) is 3.39. The molecule has 0 aromatic carbocycles. The molecule has 0 aliphatic rings. The quantitative estimate of drug-likeness (QED) is 0.902. The van der Waals surface area contributed by atoms with Crippen LogP contribution in [0.25, 0.3) is 0 Å². The number of hydrogen-bond acceptors (Lipinski definition) is 3. The summed E-state index contributed by atoms with van der Waals surface area (Å²) in [6.45, 7) is 5.75. The molecule has 0 bridgehead atoms. The van der Waals surface area contributed by atoms with Gasteiger partial charge >= 0.3 is 0 Å². The zero-order valence-corrected chi connectivity index (χ0v) is 11.1. The molecule has 0 saturated carbocycles. The van der Waals surface area contributed by atoms with Crippen molar-refractivity contribution in [3.05, 3.63) is 22.9 Å². The number of halogens is 1. The smallest absolute Gasteiger partial charge is 0.241 e. The van der Waals surface area contributed by atoms with Crippen molar-refractivity contribution in [1.82, 2.24) is 9.88 Å². The number of pyridine rings is 1. The summed E-state index contributed by atoms with van der Waals surface area (Å²) in [4.78, 5) is 17.5. The number of carbonyl (C=O) groups is 1. The lowest BCUT2D eigenvalue weighted by Crippen LogP contribution is -2.35. The molecule has 1 rings (SSSR count). The highest BCUT2D eigenvalue weighted by Crippen LogP contribution is 2.19. The van der Waals surface area contributed by atoms with E-state index < -0.39 is 0 Å². The van der Waals surface area contributed by atoms with Gasteiger partial charge in [0.15, 0.2) is 0 Å². The van der Waals surface area contributed by atoms with E-state index in [0.717, 1.165) is 23.2 Å². The number of amides is 1. The fraction of sp³-hybridized carbons (Fsp3) is 0.455. The van der Waals surface area contributed by atoms with Crippen molar-refractivity contribution >= 4 is 27.5 Å². The van der Waals surface area contributed by atoms with Gasteiger partial charge in [-0.15, -0.1) is 0 Å². The van der Waals surface area contributed by atoms with Gasteiger partial charge in [-0.1, -0.05) is 0 Å². The summed E-state index contributed by atoms with van der Waals surface area (Å²) in [5.74, 6) is 0.105. The van der Waals surface area contributed by atoms with E-state index in [0.29, 0.717) is 6.54 Å². The summed E-state index contributed by atoms with van der Waals surface area (Å²) in [5, 5.41) is 3.08. The Kier molecular flexibility index (Phi) is 5.25. The van der Waals surface area contributed by atoms with Gasteiger partial charge in [0.2, 0.25) is 5.91 Å². The molecule has 0 unspecified atom stereocenters. The molecule has 4 nitrogen and oxygen atoms in total. The summed E-state index contributed by atoms with van der Waals surface area (Å²) < 4.78 is 0.863. The van der Waals surface area contributed by atoms with Crippen LogP contribution in [0.3, 0.4) is 0 Å². The predicted octanol–water partition coefficient (Wildman–Crippen LogP) is 2.12. The molecule has 1 aromatic heterocycles. The molecule has 5 heteroatoms. The molecule has 0 spiro atoms. The van der Waals surface area contributed by atoms with Crippen molar-refractivity contribution in [3.63, 3.8) is 0 Å². The average molecular weight is 286 g/mol. The van der Waals surface area contributed by atoms with E-state index in [-0.39, 0.29) is 5.91 Å². The molecule has 0 radical (unpaired) electrons. The van der Waals surface area contributed by atoms with Gasteiger partial charge in [-0.05, 0) is 35.8 Å². The summed E-state index contributed by atoms with van der Waals surface area (Å²) in [7, 11) is 0. The third-order valence-corrected chi connectivity index (χ3v) is 2.95. The summed E-state index contributed by atoms with van der Waals surface area (Å²) in [6, 6.07) is 1.83. The SMILES string of the molecule is CCN(CC)C(=O)CNc1ccncc1Br. The highest BCUT2D eigenvalue weighted by Gasteiger charge is 2.09. The van der Waals surface area contributed by atoms with E-state index >= 15 is 0 Å². The summed E-state index contributed by atoms with van der Waals surface area (Å²) >= 11 is 3.37. The number of anilines is 1. The van der Waals surface area contributed by atoms with E-state index in [1.165, 1.54) is 0 Å². The van der Waals surface area contributed by atoms with Crippen LogP contribution in [0.15, 0.2) is 22.9 Å². The second kappa shape index (κ2) is 6.48. The molecule has 0 aliphatic carbocycles. The van der Waals surface area contributed by atoms with Crippen LogP contribution in [0.5, 0.6) is 0 Å². The van der Waals surface area contributed by atoms with Crippen LogP contribution < -0.4 is 5.32 Å². The molecule has 0 aliphatic heterocycles. The Labute approximate surface area is 104 Å². The van der Waals surface area contributed by atoms with Crippen molar-refractivity contribution in [2.24, 2.45) is 0 Å². The molecule has 1 N–H and O–H groups in total. The normalized spacial score (nSPS) is 9.94. The number of nitrogens with one attached hydrogen (secondary N) is 1. The lowest BCUT2D eigenvalue weighted by atomic mass is 10.4. The molecule has 1 amide bonds. The van der Waals surface area contributed by atoms with Crippen LogP contribution in [-0.4, -0.2) is 35.4 Å². The highest BCUT2D eigenvalue weighted by atomic mass is 79.9. The lowest BCUT2D eigenvalue weighted by Gasteiger charge is -2.19. The van der Waals surface area contributed by atoms with Crippen molar-refractivity contribution < 1.29 is 4.79 Å². The van der Waals surface area contributed by atoms with Gasteiger partial charge in [0.25, 0.3) is 0 Å². The van der Waals surface area contributed by atoms with Gasteiger partial charge in [-0.25, -0.2) is 0 Å². The standard InChI is InChI=1S/C11H16BrN3O/c1-3-15(4-2)11(16)8-14-10-5-6-13-7-9(10)12/h5-7H,3-4,8H2,1-2H3,(H,13,14). The van der Waals surface area contributed by atoms with E-state index in [1.807, 2.05) is 19.9 Å². The van der Waals surface area contributed by atoms with Gasteiger partial charge in [0.1, 0.15) is 0 Å². The Bertz CT molecular complexity index is 353. The van der Waals surface area contributed by atoms with Gasteiger partial charge in [0.05, 0.1) is 16.7 Å². The predicted molar refractivity (Wildman–Crippen MR) is 68.4 cm³/mol. The maximum absolute atomic E-state index is 11.7. The van der Waals surface area contributed by atoms with Gasteiger partial charge in [0, 0.05) is 25.5 Å². The minimum atomic E-state index is 0.105. The molecule has 1 aromatic rings. The molecular formula is C11H16BrN3O. The topological polar surface area (TPSA) is 45.2 Å². The summed E-state index contributed by atoms with van der Waals surface area (Å²) in [5.41, 5.74) is 0.885. The van der Waals surface area contributed by atoms with Crippen molar-refractivity contribution in [1.29, 1.82) is 0 Å². The fourth-order valence-electron chi connectivity index (χ4n) is 1.38. The van der Waals surface area contributed by atoms with Gasteiger partial charge < -0.3 is 10.2 Å². The van der Waals surface area contributed by atoms with E-state index in [4.69, 9.17) is 0 Å². The minimum Gasteiger partial charge on any atom is -0.375 e. The van der Waals surface area contributed by atoms with Crippen LogP contribution in [0.1, 0.15) is 13.8 Å². The second-order valence-corrected chi connectivity index (χ2v) is 4.13. The first kappa shape index (κ1) is 13.0. The van der Waals surface area contributed by atoms with Gasteiger partial charge in [-0.2, -0.15) is 0 Å². The maximum Gasteiger partial charge on any atom is 0.241 e. The first-order chi connectivity index (χ1) is 7.69. The Hall–Kier alpha value is -1.10. The Morgan fingerprint density at radius 3 is 2.75 bits per heavy atom. The molecule has 1 heterocycles.